The minimum atomic E-state index is -0.504. The molecule has 1 fully saturated rings. The van der Waals surface area contributed by atoms with Gasteiger partial charge in [-0.25, -0.2) is 0 Å². The van der Waals surface area contributed by atoms with E-state index in [-0.39, 0.29) is 11.8 Å². The Kier molecular flexibility index (Phi) is 4.24. The molecule has 2 atom stereocenters. The van der Waals surface area contributed by atoms with E-state index in [2.05, 4.69) is 13.5 Å². The molecule has 0 saturated carbocycles. The van der Waals surface area contributed by atoms with E-state index in [1.165, 1.54) is 6.42 Å². The fraction of sp³-hybridized carbons (Fsp3) is 0.474. The summed E-state index contributed by atoms with van der Waals surface area (Å²) in [5.74, 6) is 0.576. The van der Waals surface area contributed by atoms with Crippen LogP contribution in [0.25, 0.3) is 5.70 Å². The Bertz CT molecular complexity index is 618. The molecule has 0 aromatic heterocycles. The summed E-state index contributed by atoms with van der Waals surface area (Å²) < 4.78 is 0. The minimum Gasteiger partial charge on any atom is -0.341 e. The standard InChI is InChI=1S/C19H24N2O2/c1-13-7-6-11-20(12-10-13)18(22)15(3)21-14(2)16-8-4-5-9-17(16)19(21)23/h4-5,8-9,13,15H,2,6-7,10-12H2,1,3H3/t13-,15+/m0/s1. The molecule has 2 aliphatic rings. The average molecular weight is 312 g/mol. The van der Waals surface area contributed by atoms with Crippen LogP contribution < -0.4 is 0 Å². The Labute approximate surface area is 137 Å². The van der Waals surface area contributed by atoms with Crippen molar-refractivity contribution in [1.82, 2.24) is 9.80 Å². The lowest BCUT2D eigenvalue weighted by Gasteiger charge is -2.30. The van der Waals surface area contributed by atoms with Crippen molar-refractivity contribution in [3.63, 3.8) is 0 Å². The van der Waals surface area contributed by atoms with E-state index in [1.807, 2.05) is 30.0 Å². The maximum Gasteiger partial charge on any atom is 0.259 e. The number of likely N-dealkylation sites (tertiary alicyclic amines) is 1. The summed E-state index contributed by atoms with van der Waals surface area (Å²) in [4.78, 5) is 29.0. The largest absolute Gasteiger partial charge is 0.341 e. The van der Waals surface area contributed by atoms with Gasteiger partial charge in [-0.05, 0) is 38.2 Å². The zero-order valence-electron chi connectivity index (χ0n) is 13.9. The highest BCUT2D eigenvalue weighted by molar-refractivity contribution is 6.10. The highest BCUT2D eigenvalue weighted by Crippen LogP contribution is 2.33. The van der Waals surface area contributed by atoms with Crippen LogP contribution in [0.5, 0.6) is 0 Å². The molecule has 23 heavy (non-hydrogen) atoms. The minimum absolute atomic E-state index is 0.0291. The van der Waals surface area contributed by atoms with Gasteiger partial charge in [-0.2, -0.15) is 0 Å². The van der Waals surface area contributed by atoms with Gasteiger partial charge in [0, 0.05) is 29.9 Å². The quantitative estimate of drug-likeness (QED) is 0.841. The molecule has 0 unspecified atom stereocenters. The summed E-state index contributed by atoms with van der Waals surface area (Å²) >= 11 is 0. The van der Waals surface area contributed by atoms with Crippen LogP contribution in [0.2, 0.25) is 0 Å². The fourth-order valence-electron chi connectivity index (χ4n) is 3.57. The smallest absolute Gasteiger partial charge is 0.259 e. The van der Waals surface area contributed by atoms with E-state index in [0.29, 0.717) is 17.2 Å². The van der Waals surface area contributed by atoms with Crippen LogP contribution in [0, 0.1) is 5.92 Å². The van der Waals surface area contributed by atoms with Gasteiger partial charge in [-0.15, -0.1) is 0 Å². The van der Waals surface area contributed by atoms with Gasteiger partial charge < -0.3 is 4.90 Å². The summed E-state index contributed by atoms with van der Waals surface area (Å²) in [6, 6.07) is 6.92. The van der Waals surface area contributed by atoms with Gasteiger partial charge in [-0.1, -0.05) is 31.7 Å². The van der Waals surface area contributed by atoms with E-state index >= 15 is 0 Å². The number of hydrogen-bond acceptors (Lipinski definition) is 2. The zero-order chi connectivity index (χ0) is 16.6. The molecule has 3 rings (SSSR count). The van der Waals surface area contributed by atoms with Crippen LogP contribution in [-0.4, -0.2) is 40.7 Å². The Morgan fingerprint density at radius 1 is 1.22 bits per heavy atom. The molecule has 0 aliphatic carbocycles. The Balaban J connectivity index is 1.78. The van der Waals surface area contributed by atoms with Crippen LogP contribution in [0.1, 0.15) is 49.0 Å². The van der Waals surface area contributed by atoms with Gasteiger partial charge in [0.05, 0.1) is 0 Å². The number of amides is 2. The number of nitrogens with zero attached hydrogens (tertiary/aromatic N) is 2. The molecular formula is C19H24N2O2. The van der Waals surface area contributed by atoms with Crippen molar-refractivity contribution in [2.45, 2.75) is 39.2 Å². The first-order chi connectivity index (χ1) is 11.0. The van der Waals surface area contributed by atoms with E-state index in [1.54, 1.807) is 11.0 Å². The molecule has 0 spiro atoms. The molecule has 4 heteroatoms. The molecule has 0 radical (unpaired) electrons. The lowest BCUT2D eigenvalue weighted by Crippen LogP contribution is -2.47. The third-order valence-electron chi connectivity index (χ3n) is 5.05. The summed E-state index contributed by atoms with van der Waals surface area (Å²) in [6.07, 6.45) is 3.24. The molecule has 122 valence electrons. The highest BCUT2D eigenvalue weighted by atomic mass is 16.2. The van der Waals surface area contributed by atoms with Crippen molar-refractivity contribution in [2.75, 3.05) is 13.1 Å². The maximum atomic E-state index is 12.9. The lowest BCUT2D eigenvalue weighted by atomic mass is 10.0. The number of hydrogen-bond donors (Lipinski definition) is 0. The van der Waals surface area contributed by atoms with Crippen molar-refractivity contribution in [3.05, 3.63) is 42.0 Å². The van der Waals surface area contributed by atoms with E-state index < -0.39 is 6.04 Å². The molecule has 2 amide bonds. The monoisotopic (exact) mass is 312 g/mol. The molecule has 1 aromatic rings. The van der Waals surface area contributed by atoms with Crippen molar-refractivity contribution < 1.29 is 9.59 Å². The van der Waals surface area contributed by atoms with E-state index in [4.69, 9.17) is 0 Å². The second kappa shape index (κ2) is 6.19. The van der Waals surface area contributed by atoms with Gasteiger partial charge in [0.15, 0.2) is 0 Å². The summed E-state index contributed by atoms with van der Waals surface area (Å²) in [7, 11) is 0. The normalized spacial score (nSPS) is 22.8. The predicted molar refractivity (Wildman–Crippen MR) is 90.7 cm³/mol. The molecule has 1 saturated heterocycles. The first-order valence-corrected chi connectivity index (χ1v) is 8.41. The van der Waals surface area contributed by atoms with Crippen LogP contribution in [0.15, 0.2) is 30.8 Å². The fourth-order valence-corrected chi connectivity index (χ4v) is 3.57. The first kappa shape index (κ1) is 15.8. The number of carbonyl (C=O) groups excluding carboxylic acids is 2. The first-order valence-electron chi connectivity index (χ1n) is 8.41. The van der Waals surface area contributed by atoms with Gasteiger partial charge in [0.25, 0.3) is 5.91 Å². The van der Waals surface area contributed by atoms with Crippen LogP contribution in [0.3, 0.4) is 0 Å². The van der Waals surface area contributed by atoms with E-state index in [9.17, 15) is 9.59 Å². The molecule has 0 bridgehead atoms. The highest BCUT2D eigenvalue weighted by Gasteiger charge is 2.38. The second-order valence-corrected chi connectivity index (χ2v) is 6.70. The maximum absolute atomic E-state index is 12.9. The molecule has 1 aromatic carbocycles. The molecule has 4 nitrogen and oxygen atoms in total. The zero-order valence-corrected chi connectivity index (χ0v) is 13.9. The second-order valence-electron chi connectivity index (χ2n) is 6.70. The Morgan fingerprint density at radius 3 is 2.61 bits per heavy atom. The van der Waals surface area contributed by atoms with Gasteiger partial charge in [0.2, 0.25) is 5.91 Å². The number of carbonyl (C=O) groups is 2. The molecule has 2 aliphatic heterocycles. The van der Waals surface area contributed by atoms with Crippen molar-refractivity contribution in [3.8, 4) is 0 Å². The molecule has 0 N–H and O–H groups in total. The summed E-state index contributed by atoms with van der Waals surface area (Å²) in [6.45, 7) is 9.66. The lowest BCUT2D eigenvalue weighted by molar-refractivity contribution is -0.134. The van der Waals surface area contributed by atoms with Crippen LogP contribution >= 0.6 is 0 Å². The van der Waals surface area contributed by atoms with Crippen LogP contribution in [-0.2, 0) is 4.79 Å². The third kappa shape index (κ3) is 2.78. The van der Waals surface area contributed by atoms with Crippen molar-refractivity contribution in [1.29, 1.82) is 0 Å². The van der Waals surface area contributed by atoms with Gasteiger partial charge >= 0.3 is 0 Å². The van der Waals surface area contributed by atoms with E-state index in [0.717, 1.165) is 31.5 Å². The Hall–Kier alpha value is -2.10. The summed E-state index contributed by atoms with van der Waals surface area (Å²) in [5.41, 5.74) is 2.11. The third-order valence-corrected chi connectivity index (χ3v) is 5.05. The molecular weight excluding hydrogens is 288 g/mol. The number of benzene rings is 1. The average Bonchev–Trinajstić information content (AvgIpc) is 2.69. The topological polar surface area (TPSA) is 40.6 Å². The van der Waals surface area contributed by atoms with Gasteiger partial charge in [0.1, 0.15) is 6.04 Å². The number of fused-ring (bicyclic) bond motifs is 1. The Morgan fingerprint density at radius 2 is 1.91 bits per heavy atom. The molecule has 2 heterocycles. The van der Waals surface area contributed by atoms with Crippen molar-refractivity contribution >= 4 is 17.5 Å². The predicted octanol–water partition coefficient (Wildman–Crippen LogP) is 3.15. The SMILES string of the molecule is C=C1c2ccccc2C(=O)N1[C@H](C)C(=O)N1CCC[C@H](C)CC1. The van der Waals surface area contributed by atoms with Crippen molar-refractivity contribution in [2.24, 2.45) is 5.92 Å². The van der Waals surface area contributed by atoms with Crippen LogP contribution in [0.4, 0.5) is 0 Å². The number of rotatable bonds is 2. The van der Waals surface area contributed by atoms with Gasteiger partial charge in [-0.3, -0.25) is 14.5 Å². The summed E-state index contributed by atoms with van der Waals surface area (Å²) in [5, 5.41) is 0.